The number of anilines is 1. The van der Waals surface area contributed by atoms with Gasteiger partial charge in [-0.3, -0.25) is 0 Å². The van der Waals surface area contributed by atoms with Crippen LogP contribution in [0.25, 0.3) is 0 Å². The van der Waals surface area contributed by atoms with Crippen molar-refractivity contribution in [2.24, 2.45) is 5.92 Å². The van der Waals surface area contributed by atoms with Crippen molar-refractivity contribution < 1.29 is 8.42 Å². The lowest BCUT2D eigenvalue weighted by Crippen LogP contribution is -2.41. The minimum absolute atomic E-state index is 0.0843. The molecule has 0 radical (unpaired) electrons. The fraction of sp³-hybridized carbons (Fsp3) is 0.667. The van der Waals surface area contributed by atoms with Crippen molar-refractivity contribution in [3.63, 3.8) is 0 Å². The molecule has 1 aromatic rings. The summed E-state index contributed by atoms with van der Waals surface area (Å²) in [6, 6.07) is 6.25. The van der Waals surface area contributed by atoms with Gasteiger partial charge in [-0.25, -0.2) is 13.1 Å². The van der Waals surface area contributed by atoms with Gasteiger partial charge in [0.25, 0.3) is 0 Å². The molecule has 24 heavy (non-hydrogen) atoms. The van der Waals surface area contributed by atoms with E-state index in [1.165, 1.54) is 5.56 Å². The summed E-state index contributed by atoms with van der Waals surface area (Å²) in [5.74, 6) is 0.562. The van der Waals surface area contributed by atoms with Crippen LogP contribution in [-0.2, 0) is 16.4 Å². The molecule has 4 nitrogen and oxygen atoms in total. The molecule has 1 aliphatic carbocycles. The molecule has 0 unspecified atom stereocenters. The van der Waals surface area contributed by atoms with E-state index in [2.05, 4.69) is 23.0 Å². The molecular formula is C18H29ClN2O2S. The van der Waals surface area contributed by atoms with Gasteiger partial charge in [-0.05, 0) is 69.6 Å². The molecule has 0 atom stereocenters. The molecule has 0 bridgehead atoms. The molecule has 2 N–H and O–H groups in total. The van der Waals surface area contributed by atoms with E-state index in [-0.39, 0.29) is 11.3 Å². The molecule has 0 amide bonds. The summed E-state index contributed by atoms with van der Waals surface area (Å²) in [7, 11) is -3.17. The Bertz CT molecular complexity index is 638. The standard InChI is InChI=1S/C18H29ClN2O2S/c1-4-14-7-10-18(17(19)11-14)20-12-15-5-8-16(9-6-15)21-24(22,23)13(2)3/h7,10-11,13,15-16,20-21H,4-6,8-9,12H2,1-3H3. The second-order valence-corrected chi connectivity index (χ2v) is 9.65. The van der Waals surface area contributed by atoms with Crippen LogP contribution in [0, 0.1) is 5.92 Å². The molecule has 0 aromatic heterocycles. The van der Waals surface area contributed by atoms with Gasteiger partial charge >= 0.3 is 0 Å². The average molecular weight is 373 g/mol. The minimum Gasteiger partial charge on any atom is -0.384 e. The SMILES string of the molecule is CCc1ccc(NCC2CCC(NS(=O)(=O)C(C)C)CC2)c(Cl)c1. The Morgan fingerprint density at radius 2 is 1.88 bits per heavy atom. The van der Waals surface area contributed by atoms with E-state index >= 15 is 0 Å². The molecule has 2 rings (SSSR count). The van der Waals surface area contributed by atoms with Crippen molar-refractivity contribution in [3.8, 4) is 0 Å². The highest BCUT2D eigenvalue weighted by Crippen LogP contribution is 2.28. The van der Waals surface area contributed by atoms with Crippen LogP contribution in [0.4, 0.5) is 5.69 Å². The third-order valence-corrected chi connectivity index (χ3v) is 7.04. The lowest BCUT2D eigenvalue weighted by atomic mass is 9.86. The lowest BCUT2D eigenvalue weighted by Gasteiger charge is -2.30. The second kappa shape index (κ2) is 8.54. The predicted molar refractivity (Wildman–Crippen MR) is 102 cm³/mol. The summed E-state index contributed by atoms with van der Waals surface area (Å²) < 4.78 is 26.7. The van der Waals surface area contributed by atoms with E-state index in [9.17, 15) is 8.42 Å². The monoisotopic (exact) mass is 372 g/mol. The molecule has 1 aliphatic rings. The molecule has 6 heteroatoms. The van der Waals surface area contributed by atoms with Crippen molar-refractivity contribution in [3.05, 3.63) is 28.8 Å². The molecule has 1 aromatic carbocycles. The summed E-state index contributed by atoms with van der Waals surface area (Å²) in [5.41, 5.74) is 2.22. The highest BCUT2D eigenvalue weighted by molar-refractivity contribution is 7.90. The van der Waals surface area contributed by atoms with Crippen LogP contribution in [0.15, 0.2) is 18.2 Å². The summed E-state index contributed by atoms with van der Waals surface area (Å²) in [5, 5.41) is 3.85. The zero-order valence-electron chi connectivity index (χ0n) is 14.8. The Hall–Kier alpha value is -0.780. The number of hydrogen-bond donors (Lipinski definition) is 2. The number of rotatable bonds is 7. The number of benzene rings is 1. The van der Waals surface area contributed by atoms with Gasteiger partial charge in [0.2, 0.25) is 10.0 Å². The number of hydrogen-bond acceptors (Lipinski definition) is 3. The second-order valence-electron chi connectivity index (χ2n) is 6.98. The van der Waals surface area contributed by atoms with E-state index < -0.39 is 10.0 Å². The van der Waals surface area contributed by atoms with E-state index in [1.54, 1.807) is 13.8 Å². The Morgan fingerprint density at radius 3 is 2.42 bits per heavy atom. The van der Waals surface area contributed by atoms with Crippen molar-refractivity contribution in [1.29, 1.82) is 0 Å². The highest BCUT2D eigenvalue weighted by Gasteiger charge is 2.26. The Labute approximate surface area is 151 Å². The van der Waals surface area contributed by atoms with Crippen molar-refractivity contribution >= 4 is 27.3 Å². The van der Waals surface area contributed by atoms with Crippen LogP contribution in [0.2, 0.25) is 5.02 Å². The minimum atomic E-state index is -3.17. The maximum Gasteiger partial charge on any atom is 0.214 e. The summed E-state index contributed by atoms with van der Waals surface area (Å²) in [6.07, 6.45) is 4.85. The van der Waals surface area contributed by atoms with Gasteiger partial charge in [-0.2, -0.15) is 0 Å². The van der Waals surface area contributed by atoms with Crippen LogP contribution in [0.1, 0.15) is 52.0 Å². The molecule has 0 heterocycles. The average Bonchev–Trinajstić information content (AvgIpc) is 2.54. The first-order valence-corrected chi connectivity index (χ1v) is 10.8. The first-order valence-electron chi connectivity index (χ1n) is 8.85. The van der Waals surface area contributed by atoms with Gasteiger partial charge in [-0.15, -0.1) is 0 Å². The largest absolute Gasteiger partial charge is 0.384 e. The Morgan fingerprint density at radius 1 is 1.21 bits per heavy atom. The first-order chi connectivity index (χ1) is 11.3. The quantitative estimate of drug-likeness (QED) is 0.754. The van der Waals surface area contributed by atoms with Crippen LogP contribution < -0.4 is 10.0 Å². The van der Waals surface area contributed by atoms with E-state index in [4.69, 9.17) is 11.6 Å². The predicted octanol–water partition coefficient (Wildman–Crippen LogP) is 4.20. The molecule has 0 saturated heterocycles. The van der Waals surface area contributed by atoms with Gasteiger partial charge < -0.3 is 5.32 Å². The Kier molecular flexibility index (Phi) is 6.96. The lowest BCUT2D eigenvalue weighted by molar-refractivity contribution is 0.323. The van der Waals surface area contributed by atoms with E-state index in [0.717, 1.165) is 49.4 Å². The first kappa shape index (κ1) is 19.5. The normalized spacial score (nSPS) is 21.9. The summed E-state index contributed by atoms with van der Waals surface area (Å²) in [4.78, 5) is 0. The van der Waals surface area contributed by atoms with Crippen LogP contribution in [-0.4, -0.2) is 26.3 Å². The summed E-state index contributed by atoms with van der Waals surface area (Å²) >= 11 is 6.31. The number of halogens is 1. The highest BCUT2D eigenvalue weighted by atomic mass is 35.5. The smallest absolute Gasteiger partial charge is 0.214 e. The van der Waals surface area contributed by atoms with Gasteiger partial charge in [-0.1, -0.05) is 24.6 Å². The fourth-order valence-electron chi connectivity index (χ4n) is 3.03. The number of aryl methyl sites for hydroxylation is 1. The third-order valence-electron chi connectivity index (χ3n) is 4.82. The van der Waals surface area contributed by atoms with Crippen molar-refractivity contribution in [1.82, 2.24) is 4.72 Å². The van der Waals surface area contributed by atoms with E-state index in [0.29, 0.717) is 5.92 Å². The maximum atomic E-state index is 11.9. The van der Waals surface area contributed by atoms with Gasteiger partial charge in [0.05, 0.1) is 16.0 Å². The van der Waals surface area contributed by atoms with E-state index in [1.807, 2.05) is 12.1 Å². The van der Waals surface area contributed by atoms with Crippen LogP contribution in [0.5, 0.6) is 0 Å². The number of nitrogens with one attached hydrogen (secondary N) is 2. The van der Waals surface area contributed by atoms with Gasteiger partial charge in [0, 0.05) is 12.6 Å². The molecule has 0 spiro atoms. The third kappa shape index (κ3) is 5.36. The molecule has 1 fully saturated rings. The molecule has 1 saturated carbocycles. The molecule has 136 valence electrons. The zero-order valence-corrected chi connectivity index (χ0v) is 16.4. The Balaban J connectivity index is 1.79. The molecule has 0 aliphatic heterocycles. The molecular weight excluding hydrogens is 344 g/mol. The fourth-order valence-corrected chi connectivity index (χ4v) is 4.27. The van der Waals surface area contributed by atoms with Crippen LogP contribution in [0.3, 0.4) is 0 Å². The number of sulfonamides is 1. The zero-order chi connectivity index (χ0) is 17.7. The topological polar surface area (TPSA) is 58.2 Å². The van der Waals surface area contributed by atoms with Crippen molar-refractivity contribution in [2.75, 3.05) is 11.9 Å². The summed E-state index contributed by atoms with van der Waals surface area (Å²) in [6.45, 7) is 6.43. The van der Waals surface area contributed by atoms with Gasteiger partial charge in [0.1, 0.15) is 0 Å². The maximum absolute atomic E-state index is 11.9. The van der Waals surface area contributed by atoms with Gasteiger partial charge in [0.15, 0.2) is 0 Å². The van der Waals surface area contributed by atoms with Crippen LogP contribution >= 0.6 is 11.6 Å². The van der Waals surface area contributed by atoms with Crippen molar-refractivity contribution in [2.45, 2.75) is 64.2 Å².